The first-order valence-electron chi connectivity index (χ1n) is 2.88. The SMILES string of the molecule is CSc1nc(F)nc(C)c1Cl. The maximum absolute atomic E-state index is 12.5. The predicted octanol–water partition coefficient (Wildman–Crippen LogP) is 2.30. The van der Waals surface area contributed by atoms with E-state index < -0.39 is 6.08 Å². The fourth-order valence-electron chi connectivity index (χ4n) is 0.635. The highest BCUT2D eigenvalue weighted by Gasteiger charge is 2.07. The number of hydrogen-bond acceptors (Lipinski definition) is 3. The van der Waals surface area contributed by atoms with E-state index in [0.29, 0.717) is 15.7 Å². The van der Waals surface area contributed by atoms with Crippen LogP contribution in [0, 0.1) is 13.0 Å². The summed E-state index contributed by atoms with van der Waals surface area (Å²) in [6, 6.07) is 0. The molecule has 1 aromatic heterocycles. The van der Waals surface area contributed by atoms with Crippen LogP contribution in [0.25, 0.3) is 0 Å². The van der Waals surface area contributed by atoms with E-state index in [2.05, 4.69) is 9.97 Å². The van der Waals surface area contributed by atoms with Crippen molar-refractivity contribution in [2.45, 2.75) is 11.9 Å². The van der Waals surface area contributed by atoms with Crippen LogP contribution >= 0.6 is 23.4 Å². The van der Waals surface area contributed by atoms with Gasteiger partial charge >= 0.3 is 6.08 Å². The van der Waals surface area contributed by atoms with Crippen LogP contribution in [0.4, 0.5) is 4.39 Å². The van der Waals surface area contributed by atoms with Gasteiger partial charge in [0.15, 0.2) is 0 Å². The number of halogens is 2. The maximum Gasteiger partial charge on any atom is 0.309 e. The molecular weight excluding hydrogens is 187 g/mol. The Labute approximate surface area is 73.2 Å². The van der Waals surface area contributed by atoms with E-state index in [-0.39, 0.29) is 0 Å². The summed E-state index contributed by atoms with van der Waals surface area (Å²) in [5, 5.41) is 0.913. The third-order valence-corrected chi connectivity index (χ3v) is 2.40. The Morgan fingerprint density at radius 1 is 1.45 bits per heavy atom. The first-order valence-corrected chi connectivity index (χ1v) is 4.49. The van der Waals surface area contributed by atoms with Crippen molar-refractivity contribution in [3.8, 4) is 0 Å². The van der Waals surface area contributed by atoms with Crippen LogP contribution in [0.5, 0.6) is 0 Å². The van der Waals surface area contributed by atoms with Crippen molar-refractivity contribution in [1.29, 1.82) is 0 Å². The molecule has 0 aromatic carbocycles. The van der Waals surface area contributed by atoms with E-state index in [9.17, 15) is 4.39 Å². The fourth-order valence-corrected chi connectivity index (χ4v) is 1.44. The molecule has 11 heavy (non-hydrogen) atoms. The molecule has 1 heterocycles. The van der Waals surface area contributed by atoms with Crippen LogP contribution in [0.1, 0.15) is 5.69 Å². The monoisotopic (exact) mass is 192 g/mol. The molecule has 0 saturated carbocycles. The summed E-state index contributed by atoms with van der Waals surface area (Å²) in [5.41, 5.74) is 0.475. The highest BCUT2D eigenvalue weighted by molar-refractivity contribution is 7.98. The van der Waals surface area contributed by atoms with Crippen LogP contribution in [0.3, 0.4) is 0 Å². The lowest BCUT2D eigenvalue weighted by Gasteiger charge is -2.00. The number of rotatable bonds is 1. The van der Waals surface area contributed by atoms with Gasteiger partial charge in [0.25, 0.3) is 0 Å². The first-order chi connectivity index (χ1) is 5.15. The molecule has 1 aromatic rings. The van der Waals surface area contributed by atoms with Gasteiger partial charge in [0, 0.05) is 0 Å². The number of nitrogens with zero attached hydrogens (tertiary/aromatic N) is 2. The van der Waals surface area contributed by atoms with Gasteiger partial charge in [-0.1, -0.05) is 11.6 Å². The maximum atomic E-state index is 12.5. The van der Waals surface area contributed by atoms with Gasteiger partial charge < -0.3 is 0 Å². The molecule has 0 fully saturated rings. The molecule has 0 N–H and O–H groups in total. The molecule has 1 rings (SSSR count). The van der Waals surface area contributed by atoms with Gasteiger partial charge in [-0.05, 0) is 13.2 Å². The lowest BCUT2D eigenvalue weighted by Crippen LogP contribution is -1.95. The zero-order valence-corrected chi connectivity index (χ0v) is 7.63. The summed E-state index contributed by atoms with van der Waals surface area (Å²) in [6.07, 6.45) is 1.06. The second-order valence-corrected chi connectivity index (χ2v) is 3.07. The van der Waals surface area contributed by atoms with Gasteiger partial charge in [-0.3, -0.25) is 0 Å². The first kappa shape index (κ1) is 8.74. The van der Waals surface area contributed by atoms with E-state index >= 15 is 0 Å². The van der Waals surface area contributed by atoms with E-state index in [1.807, 2.05) is 0 Å². The Morgan fingerprint density at radius 2 is 2.09 bits per heavy atom. The van der Waals surface area contributed by atoms with Crippen molar-refractivity contribution in [3.63, 3.8) is 0 Å². The zero-order valence-electron chi connectivity index (χ0n) is 6.06. The number of thioether (sulfide) groups is 1. The van der Waals surface area contributed by atoms with E-state index in [1.54, 1.807) is 13.2 Å². The van der Waals surface area contributed by atoms with E-state index in [1.165, 1.54) is 11.8 Å². The minimum atomic E-state index is -0.726. The normalized spacial score (nSPS) is 10.2. The second-order valence-electron chi connectivity index (χ2n) is 1.90. The van der Waals surface area contributed by atoms with Crippen LogP contribution in [0.15, 0.2) is 5.03 Å². The smallest absolute Gasteiger partial charge is 0.206 e. The third-order valence-electron chi connectivity index (χ3n) is 1.15. The van der Waals surface area contributed by atoms with Crippen molar-refractivity contribution in [1.82, 2.24) is 9.97 Å². The molecule has 0 aliphatic heterocycles. The van der Waals surface area contributed by atoms with Crippen molar-refractivity contribution < 1.29 is 4.39 Å². The van der Waals surface area contributed by atoms with Gasteiger partial charge in [-0.15, -0.1) is 11.8 Å². The largest absolute Gasteiger partial charge is 0.309 e. The molecule has 0 aliphatic carbocycles. The predicted molar refractivity (Wildman–Crippen MR) is 43.5 cm³/mol. The number of hydrogen-bond donors (Lipinski definition) is 0. The molecule has 0 aliphatic rings. The average Bonchev–Trinajstić information content (AvgIpc) is 1.96. The Kier molecular flexibility index (Phi) is 2.67. The zero-order chi connectivity index (χ0) is 8.43. The van der Waals surface area contributed by atoms with E-state index in [0.717, 1.165) is 0 Å². The molecular formula is C6H6ClFN2S. The highest BCUT2D eigenvalue weighted by atomic mass is 35.5. The lowest BCUT2D eigenvalue weighted by atomic mass is 10.5. The van der Waals surface area contributed by atoms with Gasteiger partial charge in [-0.2, -0.15) is 9.37 Å². The molecule has 0 saturated heterocycles. The van der Waals surface area contributed by atoms with E-state index in [4.69, 9.17) is 11.6 Å². The molecule has 0 spiro atoms. The summed E-state index contributed by atoms with van der Waals surface area (Å²) >= 11 is 7.05. The third kappa shape index (κ3) is 1.81. The Hall–Kier alpha value is -0.350. The van der Waals surface area contributed by atoms with Gasteiger partial charge in [0.2, 0.25) is 0 Å². The van der Waals surface area contributed by atoms with Crippen LogP contribution in [-0.4, -0.2) is 16.2 Å². The lowest BCUT2D eigenvalue weighted by molar-refractivity contribution is 0.523. The molecule has 2 nitrogen and oxygen atoms in total. The summed E-state index contributed by atoms with van der Waals surface area (Å²) in [7, 11) is 0. The minimum absolute atomic E-state index is 0.430. The van der Waals surface area contributed by atoms with Crippen molar-refractivity contribution in [2.75, 3.05) is 6.26 Å². The van der Waals surface area contributed by atoms with Gasteiger partial charge in [0.05, 0.1) is 10.7 Å². The molecule has 0 amide bonds. The molecule has 0 unspecified atom stereocenters. The highest BCUT2D eigenvalue weighted by Crippen LogP contribution is 2.24. The molecule has 0 atom stereocenters. The minimum Gasteiger partial charge on any atom is -0.206 e. The molecule has 60 valence electrons. The van der Waals surface area contributed by atoms with Crippen LogP contribution < -0.4 is 0 Å². The standard InChI is InChI=1S/C6H6ClFN2S/c1-3-4(7)5(11-2)10-6(8)9-3/h1-2H3. The topological polar surface area (TPSA) is 25.8 Å². The average molecular weight is 193 g/mol. The van der Waals surface area contributed by atoms with Crippen molar-refractivity contribution in [2.24, 2.45) is 0 Å². The Bertz CT molecular complexity index is 280. The summed E-state index contributed by atoms with van der Waals surface area (Å²) in [5.74, 6) is 0. The number of aromatic nitrogens is 2. The molecule has 0 radical (unpaired) electrons. The summed E-state index contributed by atoms with van der Waals surface area (Å²) in [6.45, 7) is 1.65. The van der Waals surface area contributed by atoms with Crippen molar-refractivity contribution in [3.05, 3.63) is 16.8 Å². The van der Waals surface area contributed by atoms with Crippen LogP contribution in [-0.2, 0) is 0 Å². The Balaban J connectivity index is 3.24. The van der Waals surface area contributed by atoms with Crippen LogP contribution in [0.2, 0.25) is 5.02 Å². The quantitative estimate of drug-likeness (QED) is 0.388. The fraction of sp³-hybridized carbons (Fsp3) is 0.333. The van der Waals surface area contributed by atoms with Gasteiger partial charge in [-0.25, -0.2) is 4.98 Å². The number of aryl methyl sites for hydroxylation is 1. The van der Waals surface area contributed by atoms with Crippen molar-refractivity contribution >= 4 is 23.4 Å². The molecule has 5 heteroatoms. The summed E-state index contributed by atoms with van der Waals surface area (Å²) in [4.78, 5) is 6.96. The summed E-state index contributed by atoms with van der Waals surface area (Å²) < 4.78 is 12.5. The van der Waals surface area contributed by atoms with Gasteiger partial charge in [0.1, 0.15) is 5.03 Å². The molecule has 0 bridgehead atoms. The second kappa shape index (κ2) is 3.36. The Morgan fingerprint density at radius 3 is 2.64 bits per heavy atom.